The zero-order valence-electron chi connectivity index (χ0n) is 20.4. The number of aryl methyl sites for hydroxylation is 1. The molecular weight excluding hydrogens is 438 g/mol. The molecule has 0 aliphatic carbocycles. The van der Waals surface area contributed by atoms with E-state index in [0.717, 1.165) is 75.2 Å². The molecule has 182 valence electrons. The highest BCUT2D eigenvalue weighted by Crippen LogP contribution is 2.33. The molecule has 1 atom stereocenters. The van der Waals surface area contributed by atoms with Gasteiger partial charge in [-0.2, -0.15) is 0 Å². The highest BCUT2D eigenvalue weighted by atomic mass is 16.2. The number of amides is 1. The Bertz CT molecular complexity index is 1320. The largest absolute Gasteiger partial charge is 0.330 e. The van der Waals surface area contributed by atoms with Crippen molar-refractivity contribution in [3.05, 3.63) is 80.9 Å². The van der Waals surface area contributed by atoms with E-state index in [4.69, 9.17) is 4.98 Å². The minimum atomic E-state index is -0.0191. The molecule has 3 aliphatic heterocycles. The third-order valence-electron chi connectivity index (χ3n) is 7.98. The predicted molar refractivity (Wildman–Crippen MR) is 136 cm³/mol. The van der Waals surface area contributed by atoms with Crippen LogP contribution in [0.4, 0.5) is 0 Å². The van der Waals surface area contributed by atoms with Gasteiger partial charge in [0, 0.05) is 43.5 Å². The van der Waals surface area contributed by atoms with Gasteiger partial charge >= 0.3 is 0 Å². The number of likely N-dealkylation sites (tertiary alicyclic amines) is 1. The van der Waals surface area contributed by atoms with E-state index < -0.39 is 0 Å². The number of carbonyl (C=O) groups excluding carboxylic acids is 1. The van der Waals surface area contributed by atoms with Gasteiger partial charge in [0.1, 0.15) is 5.65 Å². The Hall–Kier alpha value is -3.03. The van der Waals surface area contributed by atoms with Crippen LogP contribution in [0.5, 0.6) is 0 Å². The molecule has 1 unspecified atom stereocenters. The van der Waals surface area contributed by atoms with Gasteiger partial charge in [0.25, 0.3) is 11.5 Å². The smallest absolute Gasteiger partial charge is 0.258 e. The number of hydrogen-bond donors (Lipinski definition) is 1. The van der Waals surface area contributed by atoms with E-state index in [0.29, 0.717) is 24.2 Å². The van der Waals surface area contributed by atoms with E-state index in [-0.39, 0.29) is 11.5 Å². The van der Waals surface area contributed by atoms with Gasteiger partial charge in [-0.1, -0.05) is 18.2 Å². The van der Waals surface area contributed by atoms with Gasteiger partial charge in [-0.3, -0.25) is 18.9 Å². The number of piperidine rings is 2. The summed E-state index contributed by atoms with van der Waals surface area (Å²) in [6.45, 7) is 7.36. The average Bonchev–Trinajstić information content (AvgIpc) is 3.21. The fraction of sp³-hybridized carbons (Fsp3) is 0.464. The maximum absolute atomic E-state index is 13.0. The molecule has 6 rings (SSSR count). The molecule has 1 amide bonds. The number of hydrogen-bond acceptors (Lipinski definition) is 5. The Morgan fingerprint density at radius 1 is 1.06 bits per heavy atom. The Labute approximate surface area is 205 Å². The molecule has 7 nitrogen and oxygen atoms in total. The van der Waals surface area contributed by atoms with Crippen LogP contribution in [0.3, 0.4) is 0 Å². The fourth-order valence-corrected chi connectivity index (χ4v) is 6.00. The van der Waals surface area contributed by atoms with Gasteiger partial charge < -0.3 is 10.2 Å². The first-order valence-electron chi connectivity index (χ1n) is 12.9. The summed E-state index contributed by atoms with van der Waals surface area (Å²) in [4.78, 5) is 34.7. The Morgan fingerprint density at radius 2 is 1.91 bits per heavy atom. The lowest BCUT2D eigenvalue weighted by Gasteiger charge is -2.32. The lowest BCUT2D eigenvalue weighted by Crippen LogP contribution is -2.46. The van der Waals surface area contributed by atoms with E-state index in [1.54, 1.807) is 10.5 Å². The van der Waals surface area contributed by atoms with Gasteiger partial charge in [-0.15, -0.1) is 0 Å². The number of aromatic nitrogens is 2. The third kappa shape index (κ3) is 4.39. The molecule has 1 N–H and O–H groups in total. The minimum absolute atomic E-state index is 0.0191. The second-order valence-corrected chi connectivity index (χ2v) is 10.4. The maximum Gasteiger partial charge on any atom is 0.258 e. The number of carbonyl (C=O) groups is 1. The first-order valence-corrected chi connectivity index (χ1v) is 12.9. The molecule has 5 heterocycles. The van der Waals surface area contributed by atoms with Crippen molar-refractivity contribution >= 4 is 11.6 Å². The van der Waals surface area contributed by atoms with Crippen LogP contribution in [-0.2, 0) is 13.1 Å². The van der Waals surface area contributed by atoms with Crippen molar-refractivity contribution in [2.45, 2.75) is 57.7 Å². The van der Waals surface area contributed by atoms with Crippen LogP contribution in [0.2, 0.25) is 0 Å². The molecule has 2 fully saturated rings. The highest BCUT2D eigenvalue weighted by Gasteiger charge is 2.34. The maximum atomic E-state index is 13.0. The third-order valence-corrected chi connectivity index (χ3v) is 7.98. The summed E-state index contributed by atoms with van der Waals surface area (Å²) in [5.41, 5.74) is 6.01. The van der Waals surface area contributed by atoms with Crippen LogP contribution in [0, 0.1) is 6.92 Å². The van der Waals surface area contributed by atoms with Crippen LogP contribution in [-0.4, -0.2) is 57.3 Å². The average molecular weight is 472 g/mol. The molecule has 0 bridgehead atoms. The van der Waals surface area contributed by atoms with Gasteiger partial charge in [0.15, 0.2) is 0 Å². The number of nitrogens with zero attached hydrogens (tertiary/aromatic N) is 4. The predicted octanol–water partition coefficient (Wildman–Crippen LogP) is 3.09. The number of nitrogens with one attached hydrogen (secondary N) is 1. The molecular formula is C28H33N5O2. The Balaban J connectivity index is 1.10. The molecule has 0 spiro atoms. The van der Waals surface area contributed by atoms with Crippen LogP contribution < -0.4 is 10.9 Å². The van der Waals surface area contributed by atoms with E-state index >= 15 is 0 Å². The lowest BCUT2D eigenvalue weighted by molar-refractivity contribution is 0.0674. The lowest BCUT2D eigenvalue weighted by atomic mass is 9.88. The number of benzene rings is 1. The summed E-state index contributed by atoms with van der Waals surface area (Å²) < 4.78 is 1.62. The van der Waals surface area contributed by atoms with E-state index in [9.17, 15) is 9.59 Å². The minimum Gasteiger partial charge on any atom is -0.330 e. The molecule has 0 radical (unpaired) electrons. The van der Waals surface area contributed by atoms with Crippen LogP contribution in [0.15, 0.2) is 47.4 Å². The molecule has 2 saturated heterocycles. The fourth-order valence-electron chi connectivity index (χ4n) is 6.00. The molecule has 0 saturated carbocycles. The molecule has 7 heteroatoms. The quantitative estimate of drug-likeness (QED) is 0.633. The normalized spacial score (nSPS) is 21.6. The molecule has 1 aromatic carbocycles. The number of rotatable bonds is 4. The summed E-state index contributed by atoms with van der Waals surface area (Å²) in [5, 5.41) is 3.44. The second-order valence-electron chi connectivity index (χ2n) is 10.4. The SMILES string of the molecule is Cc1ccc2nc(CN3CCC(c4ccc5c(c4)CN(C4CCCNC4)C5=O)CC3)cc(=O)n2c1. The van der Waals surface area contributed by atoms with Crippen molar-refractivity contribution in [1.29, 1.82) is 0 Å². The Kier molecular flexibility index (Phi) is 5.90. The van der Waals surface area contributed by atoms with Crippen molar-refractivity contribution in [2.75, 3.05) is 26.2 Å². The van der Waals surface area contributed by atoms with E-state index in [1.165, 1.54) is 11.1 Å². The first kappa shape index (κ1) is 22.4. The van der Waals surface area contributed by atoms with Crippen molar-refractivity contribution in [3.63, 3.8) is 0 Å². The monoisotopic (exact) mass is 471 g/mol. The molecule has 35 heavy (non-hydrogen) atoms. The van der Waals surface area contributed by atoms with Crippen molar-refractivity contribution in [1.82, 2.24) is 24.5 Å². The molecule has 2 aromatic heterocycles. The number of pyridine rings is 1. The second kappa shape index (κ2) is 9.21. The number of fused-ring (bicyclic) bond motifs is 2. The van der Waals surface area contributed by atoms with Crippen LogP contribution >= 0.6 is 0 Å². The van der Waals surface area contributed by atoms with Crippen molar-refractivity contribution < 1.29 is 4.79 Å². The van der Waals surface area contributed by atoms with Crippen molar-refractivity contribution in [3.8, 4) is 0 Å². The standard InChI is InChI=1S/C28H33N5O2/c1-19-4-7-26-30-23(14-27(34)33(26)16-19)18-31-11-8-20(9-12-31)21-5-6-25-22(13-21)17-32(28(25)35)24-3-2-10-29-15-24/h4-7,13-14,16,20,24,29H,2-3,8-12,15,17-18H2,1H3. The van der Waals surface area contributed by atoms with Gasteiger partial charge in [0.05, 0.1) is 5.69 Å². The summed E-state index contributed by atoms with van der Waals surface area (Å²) in [6.07, 6.45) is 6.23. The van der Waals surface area contributed by atoms with E-state index in [1.807, 2.05) is 25.3 Å². The van der Waals surface area contributed by atoms with Crippen LogP contribution in [0.1, 0.15) is 64.3 Å². The van der Waals surface area contributed by atoms with Gasteiger partial charge in [-0.25, -0.2) is 4.98 Å². The summed E-state index contributed by atoms with van der Waals surface area (Å²) >= 11 is 0. The summed E-state index contributed by atoms with van der Waals surface area (Å²) in [5.74, 6) is 0.708. The van der Waals surface area contributed by atoms with E-state index in [2.05, 4.69) is 33.3 Å². The van der Waals surface area contributed by atoms with Gasteiger partial charge in [-0.05, 0) is 87.0 Å². The topological polar surface area (TPSA) is 70.0 Å². The first-order chi connectivity index (χ1) is 17.0. The zero-order valence-corrected chi connectivity index (χ0v) is 20.4. The molecule has 3 aromatic rings. The van der Waals surface area contributed by atoms with Crippen LogP contribution in [0.25, 0.3) is 5.65 Å². The molecule has 3 aliphatic rings. The van der Waals surface area contributed by atoms with Crippen molar-refractivity contribution in [2.24, 2.45) is 0 Å². The Morgan fingerprint density at radius 3 is 2.71 bits per heavy atom. The summed E-state index contributed by atoms with van der Waals surface area (Å²) in [7, 11) is 0. The zero-order chi connectivity index (χ0) is 23.9. The highest BCUT2D eigenvalue weighted by molar-refractivity contribution is 5.98. The van der Waals surface area contributed by atoms with Gasteiger partial charge in [0.2, 0.25) is 0 Å². The summed E-state index contributed by atoms with van der Waals surface area (Å²) in [6, 6.07) is 12.4.